The maximum atomic E-state index is 13.6. The smallest absolute Gasteiger partial charge is 0.295 e. The average Bonchev–Trinajstić information content (AvgIpc) is 3.13. The van der Waals surface area contributed by atoms with Crippen molar-refractivity contribution in [1.29, 1.82) is 0 Å². The van der Waals surface area contributed by atoms with E-state index in [0.717, 1.165) is 29.7 Å². The van der Waals surface area contributed by atoms with Crippen molar-refractivity contribution >= 4 is 22.6 Å². The lowest BCUT2D eigenvalue weighted by atomic mass is 9.98. The number of amides is 1. The van der Waals surface area contributed by atoms with Crippen molar-refractivity contribution in [3.8, 4) is 5.75 Å². The highest BCUT2D eigenvalue weighted by molar-refractivity contribution is 6.10. The highest BCUT2D eigenvalue weighted by atomic mass is 16.5. The van der Waals surface area contributed by atoms with Crippen molar-refractivity contribution in [1.82, 2.24) is 0 Å². The second-order valence-corrected chi connectivity index (χ2v) is 8.36. The Morgan fingerprint density at radius 2 is 1.76 bits per heavy atom. The largest absolute Gasteiger partial charge is 0.494 e. The van der Waals surface area contributed by atoms with Crippen LogP contribution < -0.4 is 15.1 Å². The topological polar surface area (TPSA) is 59.8 Å². The highest BCUT2D eigenvalue weighted by Crippen LogP contribution is 2.41. The molecule has 4 aromatic rings. The van der Waals surface area contributed by atoms with E-state index in [4.69, 9.17) is 9.15 Å². The van der Waals surface area contributed by atoms with E-state index in [0.29, 0.717) is 28.8 Å². The minimum absolute atomic E-state index is 0.0987. The number of carbonyl (C=O) groups is 1. The molecule has 2 heterocycles. The molecule has 1 aliphatic heterocycles. The van der Waals surface area contributed by atoms with Gasteiger partial charge in [-0.05, 0) is 55.3 Å². The molecule has 1 aliphatic rings. The van der Waals surface area contributed by atoms with Gasteiger partial charge in [0, 0.05) is 5.69 Å². The van der Waals surface area contributed by atoms with Gasteiger partial charge in [0.25, 0.3) is 5.91 Å². The second-order valence-electron chi connectivity index (χ2n) is 8.36. The number of hydrogen-bond donors (Lipinski definition) is 0. The highest BCUT2D eigenvalue weighted by Gasteiger charge is 2.43. The third kappa shape index (κ3) is 3.69. The number of para-hydroxylation sites is 1. The molecule has 0 radical (unpaired) electrons. The summed E-state index contributed by atoms with van der Waals surface area (Å²) in [4.78, 5) is 28.9. The van der Waals surface area contributed by atoms with Crippen molar-refractivity contribution < 1.29 is 13.9 Å². The van der Waals surface area contributed by atoms with Crippen LogP contribution in [0.4, 0.5) is 5.69 Å². The van der Waals surface area contributed by atoms with Crippen molar-refractivity contribution in [2.45, 2.75) is 32.7 Å². The maximum Gasteiger partial charge on any atom is 0.295 e. The van der Waals surface area contributed by atoms with Gasteiger partial charge in [-0.3, -0.25) is 14.5 Å². The Morgan fingerprint density at radius 3 is 2.55 bits per heavy atom. The van der Waals surface area contributed by atoms with Crippen LogP contribution in [0.3, 0.4) is 0 Å². The Morgan fingerprint density at radius 1 is 0.970 bits per heavy atom. The first-order chi connectivity index (χ1) is 16.1. The van der Waals surface area contributed by atoms with E-state index < -0.39 is 6.04 Å². The number of hydrogen-bond acceptors (Lipinski definition) is 4. The summed E-state index contributed by atoms with van der Waals surface area (Å²) in [7, 11) is 0. The van der Waals surface area contributed by atoms with Gasteiger partial charge in [-0.1, -0.05) is 55.3 Å². The maximum absolute atomic E-state index is 13.6. The van der Waals surface area contributed by atoms with Crippen molar-refractivity contribution in [3.05, 3.63) is 105 Å². The molecule has 0 N–H and O–H groups in total. The monoisotopic (exact) mass is 439 g/mol. The van der Waals surface area contributed by atoms with E-state index in [-0.39, 0.29) is 17.1 Å². The van der Waals surface area contributed by atoms with E-state index >= 15 is 0 Å². The molecular formula is C28H25NO4. The molecule has 1 amide bonds. The zero-order valence-electron chi connectivity index (χ0n) is 18.7. The lowest BCUT2D eigenvalue weighted by Crippen LogP contribution is -2.29. The summed E-state index contributed by atoms with van der Waals surface area (Å²) in [6.07, 6.45) is 2.00. The zero-order valence-corrected chi connectivity index (χ0v) is 18.7. The Kier molecular flexibility index (Phi) is 5.47. The van der Waals surface area contributed by atoms with Gasteiger partial charge in [-0.2, -0.15) is 0 Å². The molecule has 0 bridgehead atoms. The molecular weight excluding hydrogens is 414 g/mol. The van der Waals surface area contributed by atoms with E-state index in [1.807, 2.05) is 55.5 Å². The number of aryl methyl sites for hydroxylation is 1. The van der Waals surface area contributed by atoms with Gasteiger partial charge >= 0.3 is 0 Å². The van der Waals surface area contributed by atoms with Crippen LogP contribution in [0.25, 0.3) is 11.0 Å². The van der Waals surface area contributed by atoms with Gasteiger partial charge in [0.15, 0.2) is 5.43 Å². The molecule has 5 nitrogen and oxygen atoms in total. The first-order valence-electron chi connectivity index (χ1n) is 11.3. The molecule has 1 unspecified atom stereocenters. The molecule has 3 aromatic carbocycles. The summed E-state index contributed by atoms with van der Waals surface area (Å²) < 4.78 is 11.9. The quantitative estimate of drug-likeness (QED) is 0.344. The van der Waals surface area contributed by atoms with E-state index in [2.05, 4.69) is 6.92 Å². The van der Waals surface area contributed by atoms with Crippen molar-refractivity contribution in [2.24, 2.45) is 0 Å². The fourth-order valence-corrected chi connectivity index (χ4v) is 4.32. The molecule has 5 rings (SSSR count). The number of rotatable bonds is 6. The minimum Gasteiger partial charge on any atom is -0.494 e. The minimum atomic E-state index is -0.606. The molecule has 0 spiro atoms. The Hall–Kier alpha value is -3.86. The van der Waals surface area contributed by atoms with Crippen LogP contribution in [0.2, 0.25) is 0 Å². The third-order valence-electron chi connectivity index (χ3n) is 6.03. The molecule has 0 aliphatic carbocycles. The van der Waals surface area contributed by atoms with E-state index in [1.165, 1.54) is 0 Å². The number of fused-ring (bicyclic) bond motifs is 2. The molecule has 0 saturated heterocycles. The van der Waals surface area contributed by atoms with Crippen LogP contribution in [-0.4, -0.2) is 12.5 Å². The SMILES string of the molecule is CCCCOc1cccc(C2c3c(oc4ccccc4c3=O)C(=O)N2c2ccc(C)cc2)c1. The first kappa shape index (κ1) is 21.0. The van der Waals surface area contributed by atoms with Gasteiger partial charge in [0.1, 0.15) is 11.3 Å². The molecule has 5 heteroatoms. The zero-order chi connectivity index (χ0) is 22.9. The van der Waals surface area contributed by atoms with E-state index in [9.17, 15) is 9.59 Å². The predicted molar refractivity (Wildman–Crippen MR) is 129 cm³/mol. The number of carbonyl (C=O) groups excluding carboxylic acids is 1. The Balaban J connectivity index is 1.70. The molecule has 33 heavy (non-hydrogen) atoms. The fourth-order valence-electron chi connectivity index (χ4n) is 4.32. The van der Waals surface area contributed by atoms with Gasteiger partial charge in [-0.25, -0.2) is 0 Å². The molecule has 0 fully saturated rings. The van der Waals surface area contributed by atoms with E-state index in [1.54, 1.807) is 29.2 Å². The number of nitrogens with zero attached hydrogens (tertiary/aromatic N) is 1. The van der Waals surface area contributed by atoms with Crippen LogP contribution >= 0.6 is 0 Å². The number of benzene rings is 3. The number of ether oxygens (including phenoxy) is 1. The lowest BCUT2D eigenvalue weighted by Gasteiger charge is -2.25. The third-order valence-corrected chi connectivity index (χ3v) is 6.03. The second kappa shape index (κ2) is 8.58. The lowest BCUT2D eigenvalue weighted by molar-refractivity contribution is 0.0971. The van der Waals surface area contributed by atoms with Gasteiger partial charge in [0.05, 0.1) is 23.6 Å². The predicted octanol–water partition coefficient (Wildman–Crippen LogP) is 6.03. The van der Waals surface area contributed by atoms with Crippen molar-refractivity contribution in [2.75, 3.05) is 11.5 Å². The number of anilines is 1. The Bertz CT molecular complexity index is 1390. The normalized spacial score (nSPS) is 15.2. The van der Waals surface area contributed by atoms with Crippen LogP contribution in [0, 0.1) is 6.92 Å². The first-order valence-corrected chi connectivity index (χ1v) is 11.3. The molecule has 166 valence electrons. The summed E-state index contributed by atoms with van der Waals surface area (Å²) in [6, 6.07) is 21.8. The average molecular weight is 440 g/mol. The summed E-state index contributed by atoms with van der Waals surface area (Å²) in [5.41, 5.74) is 3.20. The van der Waals surface area contributed by atoms with Crippen molar-refractivity contribution in [3.63, 3.8) is 0 Å². The summed E-state index contributed by atoms with van der Waals surface area (Å²) in [5, 5.41) is 0.468. The van der Waals surface area contributed by atoms with Crippen LogP contribution in [-0.2, 0) is 0 Å². The molecule has 1 aromatic heterocycles. The van der Waals surface area contributed by atoms with Gasteiger partial charge < -0.3 is 9.15 Å². The van der Waals surface area contributed by atoms with Crippen LogP contribution in [0.15, 0.2) is 82.0 Å². The van der Waals surface area contributed by atoms with Crippen LogP contribution in [0.5, 0.6) is 5.75 Å². The molecule has 0 saturated carbocycles. The summed E-state index contributed by atoms with van der Waals surface area (Å²) >= 11 is 0. The van der Waals surface area contributed by atoms with Gasteiger partial charge in [-0.15, -0.1) is 0 Å². The van der Waals surface area contributed by atoms with Crippen LogP contribution in [0.1, 0.15) is 53.1 Å². The standard InChI is InChI=1S/C28H25NO4/c1-3-4-16-32-21-9-7-8-19(17-21)25-24-26(30)22-10-5-6-11-23(22)33-27(24)28(31)29(25)20-14-12-18(2)13-15-20/h5-15,17,25H,3-4,16H2,1-2H3. The number of unbranched alkanes of at least 4 members (excludes halogenated alkanes) is 1. The van der Waals surface area contributed by atoms with Gasteiger partial charge in [0.2, 0.25) is 5.76 Å². The Labute approximate surface area is 192 Å². The summed E-state index contributed by atoms with van der Waals surface area (Å²) in [6.45, 7) is 4.73. The molecule has 1 atom stereocenters. The summed E-state index contributed by atoms with van der Waals surface area (Å²) in [5.74, 6) is 0.497. The fraction of sp³-hybridized carbons (Fsp3) is 0.214.